The molecule has 0 aliphatic carbocycles. The number of anilines is 1. The van der Waals surface area contributed by atoms with E-state index >= 15 is 0 Å². The first kappa shape index (κ1) is 14.0. The summed E-state index contributed by atoms with van der Waals surface area (Å²) in [5.41, 5.74) is 0.0863. The summed E-state index contributed by atoms with van der Waals surface area (Å²) in [6.45, 7) is 3.94. The molecule has 0 radical (unpaired) electrons. The molecule has 0 aliphatic rings. The van der Waals surface area contributed by atoms with Crippen molar-refractivity contribution >= 4 is 17.4 Å². The largest absolute Gasteiger partial charge is 0.335 e. The number of carbonyl (C=O) groups excluding carboxylic acids is 1. The summed E-state index contributed by atoms with van der Waals surface area (Å²) in [5.74, 6) is 0. The second kappa shape index (κ2) is 6.58. The van der Waals surface area contributed by atoms with Gasteiger partial charge >= 0.3 is 6.03 Å². The van der Waals surface area contributed by atoms with Crippen LogP contribution in [0.2, 0.25) is 0 Å². The maximum Gasteiger partial charge on any atom is 0.319 e. The van der Waals surface area contributed by atoms with Crippen molar-refractivity contribution in [2.75, 3.05) is 5.32 Å². The van der Waals surface area contributed by atoms with Gasteiger partial charge in [-0.05, 0) is 18.9 Å². The number of para-hydroxylation sites is 2. The van der Waals surface area contributed by atoms with Crippen LogP contribution >= 0.6 is 0 Å². The lowest BCUT2D eigenvalue weighted by Crippen LogP contribution is -2.37. The maximum atomic E-state index is 11.7. The molecule has 0 aromatic heterocycles. The zero-order valence-electron chi connectivity index (χ0n) is 10.5. The highest BCUT2D eigenvalue weighted by atomic mass is 16.6. The van der Waals surface area contributed by atoms with Crippen LogP contribution in [0.4, 0.5) is 16.2 Å². The quantitative estimate of drug-likeness (QED) is 0.623. The van der Waals surface area contributed by atoms with Gasteiger partial charge in [0.15, 0.2) is 0 Å². The Morgan fingerprint density at radius 2 is 1.94 bits per heavy atom. The first-order valence-corrected chi connectivity index (χ1v) is 5.89. The van der Waals surface area contributed by atoms with Gasteiger partial charge in [0.25, 0.3) is 5.69 Å². The monoisotopic (exact) mass is 251 g/mol. The van der Waals surface area contributed by atoms with Crippen LogP contribution in [-0.4, -0.2) is 17.0 Å². The third-order valence-corrected chi connectivity index (χ3v) is 2.67. The van der Waals surface area contributed by atoms with Gasteiger partial charge in [0, 0.05) is 12.1 Å². The molecule has 1 rings (SSSR count). The van der Waals surface area contributed by atoms with Gasteiger partial charge in [-0.2, -0.15) is 0 Å². The molecule has 6 nitrogen and oxygen atoms in total. The number of nitro groups is 1. The smallest absolute Gasteiger partial charge is 0.319 e. The Hall–Kier alpha value is -2.11. The van der Waals surface area contributed by atoms with E-state index < -0.39 is 11.0 Å². The first-order chi connectivity index (χ1) is 8.58. The zero-order chi connectivity index (χ0) is 13.5. The Balaban J connectivity index is 2.73. The molecule has 2 amide bonds. The van der Waals surface area contributed by atoms with E-state index in [1.165, 1.54) is 12.1 Å². The number of carbonyl (C=O) groups is 1. The number of nitrogens with one attached hydrogen (secondary N) is 2. The van der Waals surface area contributed by atoms with Crippen LogP contribution in [0.3, 0.4) is 0 Å². The van der Waals surface area contributed by atoms with Gasteiger partial charge in [0.1, 0.15) is 5.69 Å². The number of urea groups is 1. The zero-order valence-corrected chi connectivity index (χ0v) is 10.5. The molecule has 6 heteroatoms. The molecule has 2 N–H and O–H groups in total. The highest BCUT2D eigenvalue weighted by Gasteiger charge is 2.15. The van der Waals surface area contributed by atoms with Crippen LogP contribution in [0.1, 0.15) is 26.7 Å². The minimum absolute atomic E-state index is 0.0766. The SMILES string of the molecule is CCC(CC)NC(=O)Nc1ccccc1[N+](=O)[O-]. The van der Waals surface area contributed by atoms with Gasteiger partial charge in [-0.15, -0.1) is 0 Å². The number of hydrogen-bond acceptors (Lipinski definition) is 3. The molecule has 0 spiro atoms. The van der Waals surface area contributed by atoms with Crippen molar-refractivity contribution in [3.63, 3.8) is 0 Å². The Morgan fingerprint density at radius 1 is 1.33 bits per heavy atom. The number of nitro benzene ring substituents is 1. The molecule has 0 aliphatic heterocycles. The van der Waals surface area contributed by atoms with Crippen molar-refractivity contribution in [1.82, 2.24) is 5.32 Å². The molecule has 18 heavy (non-hydrogen) atoms. The fraction of sp³-hybridized carbons (Fsp3) is 0.417. The van der Waals surface area contributed by atoms with E-state index in [0.29, 0.717) is 0 Å². The van der Waals surface area contributed by atoms with Gasteiger partial charge in [0.05, 0.1) is 4.92 Å². The third kappa shape index (κ3) is 3.73. The molecular weight excluding hydrogens is 234 g/mol. The van der Waals surface area contributed by atoms with Crippen LogP contribution in [-0.2, 0) is 0 Å². The predicted molar refractivity (Wildman–Crippen MR) is 69.6 cm³/mol. The van der Waals surface area contributed by atoms with E-state index in [-0.39, 0.29) is 17.4 Å². The van der Waals surface area contributed by atoms with E-state index in [2.05, 4.69) is 10.6 Å². The predicted octanol–water partition coefficient (Wildman–Crippen LogP) is 2.90. The fourth-order valence-electron chi connectivity index (χ4n) is 1.58. The van der Waals surface area contributed by atoms with Crippen LogP contribution < -0.4 is 10.6 Å². The Kier molecular flexibility index (Phi) is 5.10. The Labute approximate surface area is 106 Å². The van der Waals surface area contributed by atoms with E-state index in [0.717, 1.165) is 12.8 Å². The standard InChI is InChI=1S/C12H17N3O3/c1-3-9(4-2)13-12(16)14-10-7-5-6-8-11(10)15(17)18/h5-9H,3-4H2,1-2H3,(H2,13,14,16). The van der Waals surface area contributed by atoms with Gasteiger partial charge in [-0.1, -0.05) is 26.0 Å². The third-order valence-electron chi connectivity index (χ3n) is 2.67. The summed E-state index contributed by atoms with van der Waals surface area (Å²) >= 11 is 0. The minimum atomic E-state index is -0.521. The van der Waals surface area contributed by atoms with Crippen LogP contribution in [0.15, 0.2) is 24.3 Å². The lowest BCUT2D eigenvalue weighted by Gasteiger charge is -2.15. The summed E-state index contributed by atoms with van der Waals surface area (Å²) in [6.07, 6.45) is 1.64. The summed E-state index contributed by atoms with van der Waals surface area (Å²) in [4.78, 5) is 21.9. The molecule has 0 saturated heterocycles. The van der Waals surface area contributed by atoms with Crippen molar-refractivity contribution in [2.45, 2.75) is 32.7 Å². The Bertz CT molecular complexity index is 430. The molecule has 0 atom stereocenters. The molecular formula is C12H17N3O3. The fourth-order valence-corrected chi connectivity index (χ4v) is 1.58. The van der Waals surface area contributed by atoms with E-state index in [9.17, 15) is 14.9 Å². The number of benzene rings is 1. The minimum Gasteiger partial charge on any atom is -0.335 e. The molecule has 0 heterocycles. The molecule has 98 valence electrons. The first-order valence-electron chi connectivity index (χ1n) is 5.89. The van der Waals surface area contributed by atoms with Crippen molar-refractivity contribution in [3.05, 3.63) is 34.4 Å². The van der Waals surface area contributed by atoms with E-state index in [4.69, 9.17) is 0 Å². The topological polar surface area (TPSA) is 84.3 Å². The average Bonchev–Trinajstić information content (AvgIpc) is 2.36. The molecule has 0 bridgehead atoms. The summed E-state index contributed by atoms with van der Waals surface area (Å²) < 4.78 is 0. The van der Waals surface area contributed by atoms with E-state index in [1.54, 1.807) is 12.1 Å². The summed E-state index contributed by atoms with van der Waals surface area (Å²) in [6, 6.07) is 5.71. The van der Waals surface area contributed by atoms with Crippen molar-refractivity contribution < 1.29 is 9.72 Å². The highest BCUT2D eigenvalue weighted by molar-refractivity contribution is 5.91. The number of hydrogen-bond donors (Lipinski definition) is 2. The van der Waals surface area contributed by atoms with Gasteiger partial charge in [0.2, 0.25) is 0 Å². The van der Waals surface area contributed by atoms with E-state index in [1.807, 2.05) is 13.8 Å². The van der Waals surface area contributed by atoms with Crippen molar-refractivity contribution in [2.24, 2.45) is 0 Å². The maximum absolute atomic E-state index is 11.7. The molecule has 1 aromatic carbocycles. The summed E-state index contributed by atoms with van der Waals surface area (Å²) in [7, 11) is 0. The van der Waals surface area contributed by atoms with Crippen LogP contribution in [0, 0.1) is 10.1 Å². The highest BCUT2D eigenvalue weighted by Crippen LogP contribution is 2.22. The lowest BCUT2D eigenvalue weighted by atomic mass is 10.2. The number of nitrogens with zero attached hydrogens (tertiary/aromatic N) is 1. The van der Waals surface area contributed by atoms with Gasteiger partial charge < -0.3 is 10.6 Å². The van der Waals surface area contributed by atoms with Gasteiger partial charge in [-0.3, -0.25) is 10.1 Å². The second-order valence-corrected chi connectivity index (χ2v) is 3.89. The molecule has 0 saturated carbocycles. The number of rotatable bonds is 5. The Morgan fingerprint density at radius 3 is 2.50 bits per heavy atom. The molecule has 0 unspecified atom stereocenters. The molecule has 1 aromatic rings. The summed E-state index contributed by atoms with van der Waals surface area (Å²) in [5, 5.41) is 16.0. The number of amides is 2. The van der Waals surface area contributed by atoms with Crippen LogP contribution in [0.25, 0.3) is 0 Å². The van der Waals surface area contributed by atoms with Crippen LogP contribution in [0.5, 0.6) is 0 Å². The second-order valence-electron chi connectivity index (χ2n) is 3.89. The lowest BCUT2D eigenvalue weighted by molar-refractivity contribution is -0.383. The average molecular weight is 251 g/mol. The molecule has 0 fully saturated rings. The van der Waals surface area contributed by atoms with Crippen molar-refractivity contribution in [1.29, 1.82) is 0 Å². The van der Waals surface area contributed by atoms with Gasteiger partial charge in [-0.25, -0.2) is 4.79 Å². The van der Waals surface area contributed by atoms with Crippen molar-refractivity contribution in [3.8, 4) is 0 Å². The normalized spacial score (nSPS) is 10.2.